The lowest BCUT2D eigenvalue weighted by molar-refractivity contribution is 0.710. The first-order valence-corrected chi connectivity index (χ1v) is 13.0. The van der Waals surface area contributed by atoms with Gasteiger partial charge in [0.25, 0.3) is 0 Å². The first kappa shape index (κ1) is 21.6. The third-order valence-electron chi connectivity index (χ3n) is 5.26. The maximum atomic E-state index is 6.12. The van der Waals surface area contributed by atoms with Gasteiger partial charge in [0.15, 0.2) is 11.6 Å². The van der Waals surface area contributed by atoms with E-state index in [4.69, 9.17) is 33.4 Å². The molecule has 0 fully saturated rings. The highest BCUT2D eigenvalue weighted by Gasteiger charge is 2.15. The molecule has 6 aromatic rings. The summed E-state index contributed by atoms with van der Waals surface area (Å²) >= 11 is 15.4. The molecule has 0 aliphatic rings. The van der Waals surface area contributed by atoms with Crippen LogP contribution in [-0.2, 0) is 12.8 Å². The molecule has 34 heavy (non-hydrogen) atoms. The van der Waals surface area contributed by atoms with E-state index in [2.05, 4.69) is 20.4 Å². The standard InChI is InChI=1S/C22H16Cl2N8S2/c23-15-7-3-5-13(11-15)19-25-27-21-31(19)29-17(33-21)9-1-2-10-18-30-32-20(26-28-22(32)34-18)14-6-4-8-16(24)12-14/h3-8,11-12H,1-2,9-10H2. The van der Waals surface area contributed by atoms with Gasteiger partial charge in [0.1, 0.15) is 10.0 Å². The van der Waals surface area contributed by atoms with Gasteiger partial charge in [-0.25, -0.2) is 0 Å². The molecule has 0 amide bonds. The summed E-state index contributed by atoms with van der Waals surface area (Å²) in [7, 11) is 0. The Kier molecular flexibility index (Phi) is 5.74. The van der Waals surface area contributed by atoms with Gasteiger partial charge < -0.3 is 0 Å². The molecule has 0 bridgehead atoms. The average molecular weight is 527 g/mol. The Hall–Kier alpha value is -2.92. The van der Waals surface area contributed by atoms with Crippen LogP contribution in [0.4, 0.5) is 0 Å². The summed E-state index contributed by atoms with van der Waals surface area (Å²) < 4.78 is 3.60. The third-order valence-corrected chi connectivity index (χ3v) is 7.65. The second kappa shape index (κ2) is 9.03. The number of rotatable bonds is 7. The van der Waals surface area contributed by atoms with Crippen molar-refractivity contribution < 1.29 is 0 Å². The minimum absolute atomic E-state index is 0.662. The smallest absolute Gasteiger partial charge is 0.183 e. The highest BCUT2D eigenvalue weighted by molar-refractivity contribution is 7.17. The quantitative estimate of drug-likeness (QED) is 0.241. The summed E-state index contributed by atoms with van der Waals surface area (Å²) in [5.74, 6) is 1.41. The molecule has 12 heteroatoms. The Morgan fingerprint density at radius 2 is 1.12 bits per heavy atom. The van der Waals surface area contributed by atoms with Gasteiger partial charge in [0.05, 0.1) is 0 Å². The van der Waals surface area contributed by atoms with Crippen molar-refractivity contribution in [3.05, 3.63) is 68.6 Å². The second-order valence-electron chi connectivity index (χ2n) is 7.66. The van der Waals surface area contributed by atoms with Crippen molar-refractivity contribution in [2.24, 2.45) is 0 Å². The van der Waals surface area contributed by atoms with Gasteiger partial charge in [0.2, 0.25) is 9.92 Å². The number of aromatic nitrogens is 8. The molecule has 0 unspecified atom stereocenters. The number of halogens is 2. The van der Waals surface area contributed by atoms with Crippen molar-refractivity contribution in [3.63, 3.8) is 0 Å². The summed E-state index contributed by atoms with van der Waals surface area (Å²) in [6.45, 7) is 0. The van der Waals surface area contributed by atoms with Gasteiger partial charge in [-0.2, -0.15) is 19.2 Å². The van der Waals surface area contributed by atoms with E-state index >= 15 is 0 Å². The fourth-order valence-electron chi connectivity index (χ4n) is 3.68. The SMILES string of the molecule is Clc1cccc(-c2nnc3sc(CCCCc4nn5c(-c6cccc(Cl)c6)nnc5s4)nn23)c1. The second-order valence-corrected chi connectivity index (χ2v) is 10.6. The number of unbranched alkanes of at least 4 members (excludes halogenated alkanes) is 1. The van der Waals surface area contributed by atoms with E-state index in [1.165, 1.54) is 0 Å². The van der Waals surface area contributed by atoms with Gasteiger partial charge in [0, 0.05) is 34.0 Å². The number of fused-ring (bicyclic) bond motifs is 2. The number of benzene rings is 2. The van der Waals surface area contributed by atoms with Crippen LogP contribution in [0.15, 0.2) is 48.5 Å². The molecular weight excluding hydrogens is 511 g/mol. The highest BCUT2D eigenvalue weighted by Crippen LogP contribution is 2.26. The van der Waals surface area contributed by atoms with Gasteiger partial charge in [-0.05, 0) is 37.1 Å². The number of nitrogens with zero attached hydrogens (tertiary/aromatic N) is 8. The molecule has 4 heterocycles. The maximum Gasteiger partial charge on any atom is 0.234 e. The molecule has 2 aromatic carbocycles. The Bertz CT molecular complexity index is 1500. The van der Waals surface area contributed by atoms with Crippen LogP contribution in [-0.4, -0.2) is 39.6 Å². The van der Waals surface area contributed by atoms with Crippen molar-refractivity contribution in [3.8, 4) is 22.8 Å². The van der Waals surface area contributed by atoms with E-state index < -0.39 is 0 Å². The normalized spacial score (nSPS) is 11.7. The topological polar surface area (TPSA) is 86.2 Å². The van der Waals surface area contributed by atoms with E-state index in [1.807, 2.05) is 48.5 Å². The predicted octanol–water partition coefficient (Wildman–Crippen LogP) is 5.89. The van der Waals surface area contributed by atoms with Crippen molar-refractivity contribution in [1.29, 1.82) is 0 Å². The Morgan fingerprint density at radius 3 is 1.56 bits per heavy atom. The zero-order chi connectivity index (χ0) is 23.1. The van der Waals surface area contributed by atoms with E-state index in [0.717, 1.165) is 56.7 Å². The minimum atomic E-state index is 0.662. The van der Waals surface area contributed by atoms with Gasteiger partial charge in [-0.3, -0.25) is 0 Å². The molecule has 0 saturated heterocycles. The lowest BCUT2D eigenvalue weighted by Crippen LogP contribution is -1.95. The molecule has 0 aliphatic carbocycles. The van der Waals surface area contributed by atoms with Crippen LogP contribution in [0, 0.1) is 0 Å². The third kappa shape index (κ3) is 4.18. The zero-order valence-electron chi connectivity index (χ0n) is 17.6. The Labute approximate surface area is 211 Å². The predicted molar refractivity (Wildman–Crippen MR) is 135 cm³/mol. The average Bonchev–Trinajstić information content (AvgIpc) is 3.57. The molecule has 0 atom stereocenters. The van der Waals surface area contributed by atoms with Gasteiger partial charge in [-0.15, -0.1) is 20.4 Å². The summed E-state index contributed by atoms with van der Waals surface area (Å²) in [6.07, 6.45) is 3.75. The maximum absolute atomic E-state index is 6.12. The summed E-state index contributed by atoms with van der Waals surface area (Å²) in [5.41, 5.74) is 1.80. The first-order chi connectivity index (χ1) is 16.6. The monoisotopic (exact) mass is 526 g/mol. The van der Waals surface area contributed by atoms with Gasteiger partial charge >= 0.3 is 0 Å². The molecule has 6 rings (SSSR count). The van der Waals surface area contributed by atoms with E-state index in [0.29, 0.717) is 21.7 Å². The zero-order valence-corrected chi connectivity index (χ0v) is 20.7. The molecular formula is C22H16Cl2N8S2. The molecule has 4 aromatic heterocycles. The highest BCUT2D eigenvalue weighted by atomic mass is 35.5. The summed E-state index contributed by atoms with van der Waals surface area (Å²) in [6, 6.07) is 15.1. The summed E-state index contributed by atoms with van der Waals surface area (Å²) in [4.78, 5) is 1.57. The molecule has 8 nitrogen and oxygen atoms in total. The van der Waals surface area contributed by atoms with E-state index in [9.17, 15) is 0 Å². The van der Waals surface area contributed by atoms with Crippen molar-refractivity contribution in [2.45, 2.75) is 25.7 Å². The lowest BCUT2D eigenvalue weighted by atomic mass is 10.2. The van der Waals surface area contributed by atoms with Crippen molar-refractivity contribution >= 4 is 55.8 Å². The molecule has 170 valence electrons. The van der Waals surface area contributed by atoms with Crippen LogP contribution in [0.1, 0.15) is 22.9 Å². The van der Waals surface area contributed by atoms with Crippen LogP contribution < -0.4 is 0 Å². The van der Waals surface area contributed by atoms with Crippen LogP contribution in [0.2, 0.25) is 10.0 Å². The van der Waals surface area contributed by atoms with E-state index in [-0.39, 0.29) is 0 Å². The fraction of sp³-hybridized carbons (Fsp3) is 0.182. The van der Waals surface area contributed by atoms with Crippen LogP contribution >= 0.6 is 45.9 Å². The molecule has 0 spiro atoms. The molecule has 0 N–H and O–H groups in total. The number of hydrogen-bond acceptors (Lipinski definition) is 8. The van der Waals surface area contributed by atoms with E-state index in [1.54, 1.807) is 31.7 Å². The lowest BCUT2D eigenvalue weighted by Gasteiger charge is -1.98. The van der Waals surface area contributed by atoms with Gasteiger partial charge in [-0.1, -0.05) is 70.1 Å². The first-order valence-electron chi connectivity index (χ1n) is 10.6. The number of aryl methyl sites for hydroxylation is 2. The summed E-state index contributed by atoms with van der Waals surface area (Å²) in [5, 5.41) is 29.9. The Morgan fingerprint density at radius 1 is 0.647 bits per heavy atom. The minimum Gasteiger partial charge on any atom is -0.183 e. The van der Waals surface area contributed by atoms with Crippen molar-refractivity contribution in [2.75, 3.05) is 0 Å². The fourth-order valence-corrected chi connectivity index (χ4v) is 5.81. The Balaban J connectivity index is 1.11. The molecule has 0 aliphatic heterocycles. The van der Waals surface area contributed by atoms with Crippen molar-refractivity contribution in [1.82, 2.24) is 39.6 Å². The van der Waals surface area contributed by atoms with Crippen LogP contribution in [0.3, 0.4) is 0 Å². The molecule has 0 radical (unpaired) electrons. The largest absolute Gasteiger partial charge is 0.234 e. The van der Waals surface area contributed by atoms with Crippen LogP contribution in [0.25, 0.3) is 32.7 Å². The molecule has 0 saturated carbocycles. The van der Waals surface area contributed by atoms with Crippen LogP contribution in [0.5, 0.6) is 0 Å². The number of hydrogen-bond donors (Lipinski definition) is 0.